The number of benzene rings is 1. The molecule has 2 rings (SSSR count). The average molecular weight is 300 g/mol. The van der Waals surface area contributed by atoms with E-state index in [1.54, 1.807) is 6.07 Å². The number of carboxylic acids is 1. The van der Waals surface area contributed by atoms with Crippen molar-refractivity contribution in [1.29, 1.82) is 0 Å². The molecule has 0 fully saturated rings. The third-order valence-electron chi connectivity index (χ3n) is 2.55. The minimum Gasteiger partial charge on any atom is -0.478 e. The third-order valence-corrected chi connectivity index (χ3v) is 3.84. The van der Waals surface area contributed by atoms with Crippen molar-refractivity contribution in [2.24, 2.45) is 0 Å². The van der Waals surface area contributed by atoms with E-state index < -0.39 is 11.8 Å². The van der Waals surface area contributed by atoms with Crippen LogP contribution in [0.25, 0.3) is 0 Å². The molecule has 1 aromatic heterocycles. The molecule has 0 aliphatic carbocycles. The van der Waals surface area contributed by atoms with Gasteiger partial charge < -0.3 is 10.4 Å². The average Bonchev–Trinajstić information content (AvgIpc) is 2.77. The molecule has 0 unspecified atom stereocenters. The SMILES string of the molecule is O=C(O)c1cccc(F)c1NCCc1ccc(Cl)s1. The van der Waals surface area contributed by atoms with Crippen LogP contribution >= 0.6 is 22.9 Å². The van der Waals surface area contributed by atoms with Gasteiger partial charge in [-0.15, -0.1) is 11.3 Å². The van der Waals surface area contributed by atoms with Gasteiger partial charge in [0.2, 0.25) is 0 Å². The lowest BCUT2D eigenvalue weighted by molar-refractivity contribution is 0.0697. The van der Waals surface area contributed by atoms with E-state index in [0.717, 1.165) is 4.88 Å². The van der Waals surface area contributed by atoms with Crippen LogP contribution in [0.4, 0.5) is 10.1 Å². The molecule has 1 aromatic carbocycles. The second-order valence-electron chi connectivity index (χ2n) is 3.85. The van der Waals surface area contributed by atoms with Crippen LogP contribution in [-0.2, 0) is 6.42 Å². The van der Waals surface area contributed by atoms with Gasteiger partial charge in [0.15, 0.2) is 0 Å². The van der Waals surface area contributed by atoms with Gasteiger partial charge in [-0.3, -0.25) is 0 Å². The van der Waals surface area contributed by atoms with Gasteiger partial charge in [-0.2, -0.15) is 0 Å². The molecule has 0 aliphatic heterocycles. The highest BCUT2D eigenvalue weighted by Gasteiger charge is 2.13. The van der Waals surface area contributed by atoms with Gasteiger partial charge in [-0.25, -0.2) is 9.18 Å². The van der Waals surface area contributed by atoms with Gasteiger partial charge in [0.05, 0.1) is 15.6 Å². The molecule has 2 aromatic rings. The normalized spacial score (nSPS) is 10.4. The number of halogens is 2. The molecular weight excluding hydrogens is 289 g/mol. The van der Waals surface area contributed by atoms with Crippen LogP contribution in [0.2, 0.25) is 4.34 Å². The number of para-hydroxylation sites is 1. The Hall–Kier alpha value is -1.59. The minimum atomic E-state index is -1.15. The molecule has 19 heavy (non-hydrogen) atoms. The number of carboxylic acid groups (broad SMARTS) is 1. The van der Waals surface area contributed by atoms with Crippen LogP contribution in [0.3, 0.4) is 0 Å². The van der Waals surface area contributed by atoms with E-state index in [1.807, 2.05) is 6.07 Å². The number of rotatable bonds is 5. The molecule has 100 valence electrons. The summed E-state index contributed by atoms with van der Waals surface area (Å²) in [7, 11) is 0. The second kappa shape index (κ2) is 6.04. The van der Waals surface area contributed by atoms with Crippen molar-refractivity contribution in [1.82, 2.24) is 0 Å². The molecule has 0 saturated carbocycles. The summed E-state index contributed by atoms with van der Waals surface area (Å²) in [6.07, 6.45) is 0.658. The van der Waals surface area contributed by atoms with Gasteiger partial charge in [0.1, 0.15) is 5.82 Å². The molecule has 6 heteroatoms. The number of hydrogen-bond acceptors (Lipinski definition) is 3. The van der Waals surface area contributed by atoms with Crippen molar-refractivity contribution in [3.05, 3.63) is 50.9 Å². The van der Waals surface area contributed by atoms with Crippen molar-refractivity contribution < 1.29 is 14.3 Å². The number of anilines is 1. The Morgan fingerprint density at radius 1 is 1.37 bits per heavy atom. The molecule has 0 saturated heterocycles. The molecule has 0 radical (unpaired) electrons. The Balaban J connectivity index is 2.05. The van der Waals surface area contributed by atoms with E-state index >= 15 is 0 Å². The van der Waals surface area contributed by atoms with Crippen molar-refractivity contribution in [2.45, 2.75) is 6.42 Å². The number of aromatic carboxylic acids is 1. The largest absolute Gasteiger partial charge is 0.478 e. The Morgan fingerprint density at radius 2 is 2.16 bits per heavy atom. The zero-order valence-electron chi connectivity index (χ0n) is 9.82. The van der Waals surface area contributed by atoms with Crippen LogP contribution in [0, 0.1) is 5.82 Å². The molecule has 0 amide bonds. The minimum absolute atomic E-state index is 0.0256. The molecule has 3 nitrogen and oxygen atoms in total. The number of hydrogen-bond donors (Lipinski definition) is 2. The van der Waals surface area contributed by atoms with Gasteiger partial charge in [0.25, 0.3) is 0 Å². The van der Waals surface area contributed by atoms with Crippen LogP contribution in [0.15, 0.2) is 30.3 Å². The van der Waals surface area contributed by atoms with Crippen molar-refractivity contribution in [2.75, 3.05) is 11.9 Å². The second-order valence-corrected chi connectivity index (χ2v) is 5.65. The summed E-state index contributed by atoms with van der Waals surface area (Å²) in [6, 6.07) is 7.68. The summed E-state index contributed by atoms with van der Waals surface area (Å²) >= 11 is 7.26. The first-order valence-electron chi connectivity index (χ1n) is 5.58. The third kappa shape index (κ3) is 3.45. The molecule has 0 atom stereocenters. The topological polar surface area (TPSA) is 49.3 Å². The van der Waals surface area contributed by atoms with E-state index in [-0.39, 0.29) is 11.3 Å². The fraction of sp³-hybridized carbons (Fsp3) is 0.154. The van der Waals surface area contributed by atoms with E-state index in [4.69, 9.17) is 16.7 Å². The maximum atomic E-state index is 13.6. The highest BCUT2D eigenvalue weighted by molar-refractivity contribution is 7.16. The lowest BCUT2D eigenvalue weighted by Crippen LogP contribution is -2.10. The molecule has 0 spiro atoms. The van der Waals surface area contributed by atoms with Gasteiger partial charge in [0, 0.05) is 11.4 Å². The quantitative estimate of drug-likeness (QED) is 0.880. The highest BCUT2D eigenvalue weighted by atomic mass is 35.5. The van der Waals surface area contributed by atoms with Gasteiger partial charge in [-0.1, -0.05) is 17.7 Å². The van der Waals surface area contributed by atoms with E-state index in [2.05, 4.69) is 5.32 Å². The summed E-state index contributed by atoms with van der Waals surface area (Å²) in [6.45, 7) is 0.443. The van der Waals surface area contributed by atoms with E-state index in [0.29, 0.717) is 17.3 Å². The first-order chi connectivity index (χ1) is 9.08. The molecule has 0 bridgehead atoms. The summed E-state index contributed by atoms with van der Waals surface area (Å²) < 4.78 is 14.3. The molecule has 1 heterocycles. The number of thiophene rings is 1. The van der Waals surface area contributed by atoms with Crippen molar-refractivity contribution in [3.8, 4) is 0 Å². The smallest absolute Gasteiger partial charge is 0.337 e. The fourth-order valence-electron chi connectivity index (χ4n) is 1.68. The Labute approximate surface area is 118 Å². The predicted octanol–water partition coefficient (Wildman–Crippen LogP) is 3.89. The zero-order chi connectivity index (χ0) is 13.8. The summed E-state index contributed by atoms with van der Waals surface area (Å²) in [5.41, 5.74) is -0.0399. The Kier molecular flexibility index (Phi) is 4.39. The van der Waals surface area contributed by atoms with Crippen LogP contribution < -0.4 is 5.32 Å². The Morgan fingerprint density at radius 3 is 2.79 bits per heavy atom. The maximum absolute atomic E-state index is 13.6. The van der Waals surface area contributed by atoms with Crippen LogP contribution in [-0.4, -0.2) is 17.6 Å². The lowest BCUT2D eigenvalue weighted by atomic mass is 10.1. The zero-order valence-corrected chi connectivity index (χ0v) is 11.4. The molecular formula is C13H11ClFNO2S. The molecule has 2 N–H and O–H groups in total. The maximum Gasteiger partial charge on any atom is 0.337 e. The summed E-state index contributed by atoms with van der Waals surface area (Å²) in [4.78, 5) is 12.0. The highest BCUT2D eigenvalue weighted by Crippen LogP contribution is 2.23. The monoisotopic (exact) mass is 299 g/mol. The Bertz CT molecular complexity index is 600. The van der Waals surface area contributed by atoms with Crippen LogP contribution in [0.1, 0.15) is 15.2 Å². The van der Waals surface area contributed by atoms with Gasteiger partial charge in [-0.05, 0) is 30.7 Å². The predicted molar refractivity (Wildman–Crippen MR) is 74.9 cm³/mol. The first kappa shape index (κ1) is 13.8. The summed E-state index contributed by atoms with van der Waals surface area (Å²) in [5, 5.41) is 11.8. The lowest BCUT2D eigenvalue weighted by Gasteiger charge is -2.09. The first-order valence-corrected chi connectivity index (χ1v) is 6.77. The standard InChI is InChI=1S/C13H11ClFNO2S/c14-11-5-4-8(19-11)6-7-16-12-9(13(17)18)2-1-3-10(12)15/h1-5,16H,6-7H2,(H,17,18). The van der Waals surface area contributed by atoms with E-state index in [1.165, 1.54) is 29.5 Å². The number of nitrogens with one attached hydrogen (secondary N) is 1. The van der Waals surface area contributed by atoms with Crippen molar-refractivity contribution in [3.63, 3.8) is 0 Å². The van der Waals surface area contributed by atoms with Crippen molar-refractivity contribution >= 4 is 34.6 Å². The van der Waals surface area contributed by atoms with Crippen LogP contribution in [0.5, 0.6) is 0 Å². The number of carbonyl (C=O) groups is 1. The summed E-state index contributed by atoms with van der Waals surface area (Å²) in [5.74, 6) is -1.72. The fourth-order valence-corrected chi connectivity index (χ4v) is 2.77. The van der Waals surface area contributed by atoms with Gasteiger partial charge >= 0.3 is 5.97 Å². The molecule has 0 aliphatic rings. The van der Waals surface area contributed by atoms with E-state index in [9.17, 15) is 9.18 Å².